The van der Waals surface area contributed by atoms with Crippen molar-refractivity contribution in [3.05, 3.63) is 98.0 Å². The number of rotatable bonds is 2. The molecule has 0 saturated carbocycles. The van der Waals surface area contributed by atoms with Gasteiger partial charge in [-0.2, -0.15) is 0 Å². The predicted octanol–water partition coefficient (Wildman–Crippen LogP) is 7.31. The van der Waals surface area contributed by atoms with Crippen LogP contribution in [0.5, 0.6) is 0 Å². The van der Waals surface area contributed by atoms with E-state index >= 15 is 0 Å². The van der Waals surface area contributed by atoms with Crippen molar-refractivity contribution >= 4 is 10.8 Å². The third-order valence-corrected chi connectivity index (χ3v) is 4.89. The van der Waals surface area contributed by atoms with E-state index in [1.54, 1.807) is 0 Å². The molecule has 0 aliphatic carbocycles. The van der Waals surface area contributed by atoms with Gasteiger partial charge in [0.15, 0.2) is 0 Å². The fourth-order valence-corrected chi connectivity index (χ4v) is 3.36. The number of aromatic nitrogens is 1. The second-order valence-corrected chi connectivity index (χ2v) is 7.79. The van der Waals surface area contributed by atoms with Gasteiger partial charge in [-0.15, -0.1) is 0 Å². The molecule has 0 spiro atoms. The van der Waals surface area contributed by atoms with E-state index in [0.29, 0.717) is 0 Å². The molecule has 0 atom stereocenters. The Morgan fingerprint density at radius 2 is 1.36 bits per heavy atom. The van der Waals surface area contributed by atoms with Gasteiger partial charge in [0, 0.05) is 37.3 Å². The van der Waals surface area contributed by atoms with Crippen molar-refractivity contribution in [1.82, 2.24) is 4.98 Å². The fraction of sp³-hybridized carbons (Fsp3) is 0.154. The van der Waals surface area contributed by atoms with Crippen LogP contribution in [0.25, 0.3) is 33.2 Å². The number of fused-ring (bicyclic) bond motifs is 1. The maximum absolute atomic E-state index is 4.66. The van der Waals surface area contributed by atoms with Gasteiger partial charge >= 0.3 is 0 Å². The van der Waals surface area contributed by atoms with Gasteiger partial charge in [-0.3, -0.25) is 4.98 Å². The van der Waals surface area contributed by atoms with Gasteiger partial charge in [0.1, 0.15) is 0 Å². The monoisotopic (exact) mass is 545 g/mol. The summed E-state index contributed by atoms with van der Waals surface area (Å²) in [5.74, 6) is 0. The summed E-state index contributed by atoms with van der Waals surface area (Å²) in [7, 11) is 0. The number of benzene rings is 3. The molecule has 0 aliphatic rings. The quantitative estimate of drug-likeness (QED) is 0.241. The molecular weight excluding hydrogens is 519 g/mol. The first-order chi connectivity index (χ1) is 12.5. The van der Waals surface area contributed by atoms with Crippen molar-refractivity contribution in [2.75, 3.05) is 0 Å². The van der Waals surface area contributed by atoms with Crippen molar-refractivity contribution in [3.63, 3.8) is 0 Å². The molecular formula is C26H26IrN-. The van der Waals surface area contributed by atoms with E-state index in [9.17, 15) is 0 Å². The van der Waals surface area contributed by atoms with Crippen molar-refractivity contribution < 1.29 is 20.1 Å². The Hall–Kier alpha value is -2.28. The van der Waals surface area contributed by atoms with E-state index < -0.39 is 0 Å². The van der Waals surface area contributed by atoms with Gasteiger partial charge in [-0.25, -0.2) is 0 Å². The van der Waals surface area contributed by atoms with Gasteiger partial charge in [0.2, 0.25) is 0 Å². The zero-order valence-electron chi connectivity index (χ0n) is 16.9. The summed E-state index contributed by atoms with van der Waals surface area (Å²) in [6.07, 6.45) is 1.89. The average molecular weight is 545 g/mol. The summed E-state index contributed by atoms with van der Waals surface area (Å²) in [4.78, 5) is 4.66. The topological polar surface area (TPSA) is 12.9 Å². The molecule has 0 N–H and O–H groups in total. The summed E-state index contributed by atoms with van der Waals surface area (Å²) >= 11 is 0. The SMILES string of the molecule is CC(C)(C)c1ccc(-c2cccc(-c3nccc4ccccc34)c2)cc1.[CH3-].[Ir]. The van der Waals surface area contributed by atoms with Crippen LogP contribution >= 0.6 is 0 Å². The molecule has 0 bridgehead atoms. The van der Waals surface area contributed by atoms with Crippen molar-refractivity contribution in [1.29, 1.82) is 0 Å². The van der Waals surface area contributed by atoms with E-state index in [-0.39, 0.29) is 32.9 Å². The maximum atomic E-state index is 4.66. The number of pyridine rings is 1. The van der Waals surface area contributed by atoms with Crippen LogP contribution in [0.4, 0.5) is 0 Å². The second kappa shape index (κ2) is 8.82. The summed E-state index contributed by atoms with van der Waals surface area (Å²) in [6, 6.07) is 28.0. The van der Waals surface area contributed by atoms with E-state index in [1.165, 1.54) is 27.5 Å². The van der Waals surface area contributed by atoms with E-state index in [0.717, 1.165) is 11.3 Å². The Balaban J connectivity index is 0.00000140. The van der Waals surface area contributed by atoms with Gasteiger partial charge in [-0.1, -0.05) is 87.5 Å². The molecule has 4 rings (SSSR count). The van der Waals surface area contributed by atoms with Gasteiger partial charge in [0.05, 0.1) is 5.69 Å². The molecule has 2 heteroatoms. The summed E-state index contributed by atoms with van der Waals surface area (Å²) in [5, 5.41) is 2.41. The molecule has 1 radical (unpaired) electrons. The van der Waals surface area contributed by atoms with Crippen LogP contribution in [0.2, 0.25) is 0 Å². The van der Waals surface area contributed by atoms with E-state index in [2.05, 4.69) is 105 Å². The molecule has 0 saturated heterocycles. The molecule has 1 nitrogen and oxygen atoms in total. The molecule has 145 valence electrons. The Morgan fingerprint density at radius 3 is 2.07 bits per heavy atom. The van der Waals surface area contributed by atoms with Crippen LogP contribution in [0, 0.1) is 7.43 Å². The minimum Gasteiger partial charge on any atom is -0.358 e. The number of hydrogen-bond acceptors (Lipinski definition) is 1. The third kappa shape index (κ3) is 4.41. The number of hydrogen-bond donors (Lipinski definition) is 0. The molecule has 4 aromatic rings. The summed E-state index contributed by atoms with van der Waals surface area (Å²) in [5.41, 5.74) is 6.18. The molecule has 0 aliphatic heterocycles. The average Bonchev–Trinajstić information content (AvgIpc) is 2.67. The zero-order valence-corrected chi connectivity index (χ0v) is 19.3. The predicted molar refractivity (Wildman–Crippen MR) is 118 cm³/mol. The molecule has 3 aromatic carbocycles. The first-order valence-corrected chi connectivity index (χ1v) is 9.07. The zero-order chi connectivity index (χ0) is 18.1. The molecule has 28 heavy (non-hydrogen) atoms. The van der Waals surface area contributed by atoms with Gasteiger partial charge in [-0.05, 0) is 39.6 Å². The summed E-state index contributed by atoms with van der Waals surface area (Å²) in [6.45, 7) is 6.73. The minimum atomic E-state index is 0. The van der Waals surface area contributed by atoms with Crippen molar-refractivity contribution in [2.45, 2.75) is 26.2 Å². The second-order valence-electron chi connectivity index (χ2n) is 7.79. The van der Waals surface area contributed by atoms with E-state index in [4.69, 9.17) is 0 Å². The van der Waals surface area contributed by atoms with Crippen molar-refractivity contribution in [2.24, 2.45) is 0 Å². The smallest absolute Gasteiger partial charge is 0.0780 e. The van der Waals surface area contributed by atoms with Crippen LogP contribution in [0.15, 0.2) is 85.1 Å². The maximum Gasteiger partial charge on any atom is 0.0780 e. The Labute approximate surface area is 182 Å². The Morgan fingerprint density at radius 1 is 0.679 bits per heavy atom. The standard InChI is InChI=1S/C25H23N.CH3.Ir/c1-25(2,3)22-13-11-18(12-14-22)20-8-6-9-21(17-20)24-23-10-5-4-7-19(23)15-16-26-24;;/h4-17H,1-3H3;1H3;/q;-1;. The van der Waals surface area contributed by atoms with Crippen LogP contribution < -0.4 is 0 Å². The first kappa shape index (κ1) is 22.0. The minimum absolute atomic E-state index is 0. The van der Waals surface area contributed by atoms with Crippen molar-refractivity contribution in [3.8, 4) is 22.4 Å². The van der Waals surface area contributed by atoms with Gasteiger partial charge < -0.3 is 7.43 Å². The molecule has 0 unspecified atom stereocenters. The van der Waals surface area contributed by atoms with Crippen LogP contribution in [0.1, 0.15) is 26.3 Å². The molecule has 0 fully saturated rings. The molecule has 1 aromatic heterocycles. The largest absolute Gasteiger partial charge is 0.358 e. The summed E-state index contributed by atoms with van der Waals surface area (Å²) < 4.78 is 0. The van der Waals surface area contributed by atoms with E-state index in [1.807, 2.05) is 6.20 Å². The normalized spacial score (nSPS) is 10.8. The third-order valence-electron chi connectivity index (χ3n) is 4.89. The van der Waals surface area contributed by atoms with Crippen LogP contribution in [-0.4, -0.2) is 4.98 Å². The number of nitrogens with zero attached hydrogens (tertiary/aromatic N) is 1. The molecule has 1 heterocycles. The molecule has 0 amide bonds. The fourth-order valence-electron chi connectivity index (χ4n) is 3.36. The first-order valence-electron chi connectivity index (χ1n) is 9.07. The Kier molecular flexibility index (Phi) is 6.93. The van der Waals surface area contributed by atoms with Gasteiger partial charge in [0.25, 0.3) is 0 Å². The van der Waals surface area contributed by atoms with Crippen LogP contribution in [0.3, 0.4) is 0 Å². The van der Waals surface area contributed by atoms with Crippen LogP contribution in [-0.2, 0) is 25.5 Å². The Bertz CT molecular complexity index is 1050.